The van der Waals surface area contributed by atoms with E-state index in [1.54, 1.807) is 14.0 Å². The van der Waals surface area contributed by atoms with E-state index in [1.165, 1.54) is 10.7 Å². The molecule has 3 nitrogen and oxygen atoms in total. The molecule has 1 aromatic heterocycles. The van der Waals surface area contributed by atoms with E-state index < -0.39 is 12.5 Å². The predicted octanol–water partition coefficient (Wildman–Crippen LogP) is 0.813. The Balaban J connectivity index is 3.04. The standard InChI is InChI=1S/C7H10F2N2O/c1-5-3-6(10-11(5)2)7(8,9)4-12/h3,12H,4H2,1-2H3. The Morgan fingerprint density at radius 3 is 2.58 bits per heavy atom. The molecular formula is C7H10F2N2O. The van der Waals surface area contributed by atoms with Crippen molar-refractivity contribution in [1.82, 2.24) is 9.78 Å². The molecule has 0 aliphatic heterocycles. The van der Waals surface area contributed by atoms with Crippen molar-refractivity contribution in [3.05, 3.63) is 17.5 Å². The number of aliphatic hydroxyl groups is 1. The summed E-state index contributed by atoms with van der Waals surface area (Å²) in [7, 11) is 1.58. The maximum Gasteiger partial charge on any atom is 0.313 e. The van der Waals surface area contributed by atoms with Crippen molar-refractivity contribution < 1.29 is 13.9 Å². The maximum absolute atomic E-state index is 12.8. The van der Waals surface area contributed by atoms with E-state index in [-0.39, 0.29) is 5.69 Å². The van der Waals surface area contributed by atoms with Crippen molar-refractivity contribution in [3.8, 4) is 0 Å². The number of hydrogen-bond acceptors (Lipinski definition) is 2. The fraction of sp³-hybridized carbons (Fsp3) is 0.571. The van der Waals surface area contributed by atoms with E-state index in [2.05, 4.69) is 5.10 Å². The Morgan fingerprint density at radius 1 is 1.67 bits per heavy atom. The molecule has 1 heterocycles. The van der Waals surface area contributed by atoms with Crippen LogP contribution in [0.1, 0.15) is 11.4 Å². The lowest BCUT2D eigenvalue weighted by Gasteiger charge is -2.08. The molecule has 1 rings (SSSR count). The summed E-state index contributed by atoms with van der Waals surface area (Å²) >= 11 is 0. The molecule has 1 N–H and O–H groups in total. The summed E-state index contributed by atoms with van der Waals surface area (Å²) in [6.45, 7) is 0.466. The maximum atomic E-state index is 12.8. The molecule has 0 fully saturated rings. The summed E-state index contributed by atoms with van der Waals surface area (Å²) in [4.78, 5) is 0. The molecule has 68 valence electrons. The molecule has 0 bridgehead atoms. The number of aromatic nitrogens is 2. The highest BCUT2D eigenvalue weighted by molar-refractivity contribution is 5.13. The summed E-state index contributed by atoms with van der Waals surface area (Å²) in [6.07, 6.45) is 0. The van der Waals surface area contributed by atoms with Crippen LogP contribution in [-0.2, 0) is 13.0 Å². The zero-order valence-electron chi connectivity index (χ0n) is 6.88. The molecule has 0 radical (unpaired) electrons. The van der Waals surface area contributed by atoms with Crippen LogP contribution in [0.25, 0.3) is 0 Å². The molecule has 0 saturated carbocycles. The van der Waals surface area contributed by atoms with Gasteiger partial charge in [0.15, 0.2) is 0 Å². The van der Waals surface area contributed by atoms with Crippen LogP contribution in [-0.4, -0.2) is 21.5 Å². The molecule has 1 aromatic rings. The van der Waals surface area contributed by atoms with E-state index >= 15 is 0 Å². The Hall–Kier alpha value is -0.970. The van der Waals surface area contributed by atoms with Gasteiger partial charge in [-0.05, 0) is 13.0 Å². The van der Waals surface area contributed by atoms with Gasteiger partial charge in [-0.15, -0.1) is 0 Å². The van der Waals surface area contributed by atoms with E-state index in [4.69, 9.17) is 5.11 Å². The number of aryl methyl sites for hydroxylation is 2. The van der Waals surface area contributed by atoms with Gasteiger partial charge in [0.2, 0.25) is 0 Å². The minimum Gasteiger partial charge on any atom is -0.390 e. The Bertz CT molecular complexity index is 263. The summed E-state index contributed by atoms with van der Waals surface area (Å²) in [5, 5.41) is 11.9. The first-order valence-corrected chi connectivity index (χ1v) is 3.47. The van der Waals surface area contributed by atoms with Crippen LogP contribution >= 0.6 is 0 Å². The van der Waals surface area contributed by atoms with Gasteiger partial charge < -0.3 is 5.11 Å². The largest absolute Gasteiger partial charge is 0.390 e. The Morgan fingerprint density at radius 2 is 2.25 bits per heavy atom. The highest BCUT2D eigenvalue weighted by Gasteiger charge is 2.33. The number of halogens is 2. The minimum atomic E-state index is -3.23. The van der Waals surface area contributed by atoms with Gasteiger partial charge in [-0.3, -0.25) is 4.68 Å². The second-order valence-corrected chi connectivity index (χ2v) is 2.66. The summed E-state index contributed by atoms with van der Waals surface area (Å²) < 4.78 is 26.9. The number of alkyl halides is 2. The third kappa shape index (κ3) is 1.45. The van der Waals surface area contributed by atoms with Crippen molar-refractivity contribution in [1.29, 1.82) is 0 Å². The van der Waals surface area contributed by atoms with Gasteiger partial charge in [-0.25, -0.2) is 0 Å². The monoisotopic (exact) mass is 176 g/mol. The fourth-order valence-electron chi connectivity index (χ4n) is 0.820. The Labute approximate surface area is 68.6 Å². The second-order valence-electron chi connectivity index (χ2n) is 2.66. The molecular weight excluding hydrogens is 166 g/mol. The molecule has 0 atom stereocenters. The third-order valence-corrected chi connectivity index (χ3v) is 1.69. The van der Waals surface area contributed by atoms with Crippen molar-refractivity contribution in [2.45, 2.75) is 12.8 Å². The molecule has 5 heteroatoms. The highest BCUT2D eigenvalue weighted by Crippen LogP contribution is 2.25. The van der Waals surface area contributed by atoms with Crippen molar-refractivity contribution in [2.75, 3.05) is 6.61 Å². The van der Waals surface area contributed by atoms with E-state index in [0.717, 1.165) is 0 Å². The van der Waals surface area contributed by atoms with Gasteiger partial charge in [0.25, 0.3) is 0 Å². The van der Waals surface area contributed by atoms with E-state index in [0.29, 0.717) is 5.69 Å². The zero-order valence-corrected chi connectivity index (χ0v) is 6.88. The number of hydrogen-bond donors (Lipinski definition) is 1. The van der Waals surface area contributed by atoms with Crippen molar-refractivity contribution in [3.63, 3.8) is 0 Å². The molecule has 0 aliphatic carbocycles. The Kier molecular flexibility index (Phi) is 2.14. The topological polar surface area (TPSA) is 38.1 Å². The highest BCUT2D eigenvalue weighted by atomic mass is 19.3. The lowest BCUT2D eigenvalue weighted by Crippen LogP contribution is -2.19. The van der Waals surface area contributed by atoms with E-state index in [1.807, 2.05) is 0 Å². The lowest BCUT2D eigenvalue weighted by atomic mass is 10.2. The van der Waals surface area contributed by atoms with Gasteiger partial charge in [-0.2, -0.15) is 13.9 Å². The summed E-state index contributed by atoms with van der Waals surface area (Å²) in [5.41, 5.74) is 0.253. The molecule has 0 aromatic carbocycles. The molecule has 0 unspecified atom stereocenters. The lowest BCUT2D eigenvalue weighted by molar-refractivity contribution is -0.0595. The SMILES string of the molecule is Cc1cc(C(F)(F)CO)nn1C. The van der Waals surface area contributed by atoms with Crippen LogP contribution in [0.5, 0.6) is 0 Å². The number of aliphatic hydroxyl groups excluding tert-OH is 1. The van der Waals surface area contributed by atoms with Gasteiger partial charge >= 0.3 is 5.92 Å². The van der Waals surface area contributed by atoms with Crippen LogP contribution < -0.4 is 0 Å². The molecule has 0 saturated heterocycles. The minimum absolute atomic E-state index is 0.384. The van der Waals surface area contributed by atoms with Crippen LogP contribution in [0.2, 0.25) is 0 Å². The van der Waals surface area contributed by atoms with Gasteiger partial charge in [0.05, 0.1) is 0 Å². The van der Waals surface area contributed by atoms with Crippen LogP contribution in [0.15, 0.2) is 6.07 Å². The van der Waals surface area contributed by atoms with Gasteiger partial charge in [-0.1, -0.05) is 0 Å². The van der Waals surface area contributed by atoms with Crippen molar-refractivity contribution in [2.24, 2.45) is 7.05 Å². The smallest absolute Gasteiger partial charge is 0.313 e. The molecule has 0 aliphatic rings. The molecule has 0 spiro atoms. The van der Waals surface area contributed by atoms with Crippen LogP contribution in [0, 0.1) is 6.92 Å². The van der Waals surface area contributed by atoms with Crippen LogP contribution in [0.4, 0.5) is 8.78 Å². The number of rotatable bonds is 2. The van der Waals surface area contributed by atoms with Gasteiger partial charge in [0, 0.05) is 12.7 Å². The normalized spacial score (nSPS) is 12.1. The quantitative estimate of drug-likeness (QED) is 0.724. The molecule has 12 heavy (non-hydrogen) atoms. The third-order valence-electron chi connectivity index (χ3n) is 1.69. The van der Waals surface area contributed by atoms with Gasteiger partial charge in [0.1, 0.15) is 12.3 Å². The average Bonchev–Trinajstić information content (AvgIpc) is 2.33. The fourth-order valence-corrected chi connectivity index (χ4v) is 0.820. The predicted molar refractivity (Wildman–Crippen MR) is 38.9 cm³/mol. The van der Waals surface area contributed by atoms with E-state index in [9.17, 15) is 8.78 Å². The first-order chi connectivity index (χ1) is 5.47. The summed E-state index contributed by atoms with van der Waals surface area (Å²) in [5.74, 6) is -3.23. The van der Waals surface area contributed by atoms with Crippen LogP contribution in [0.3, 0.4) is 0 Å². The molecule has 0 amide bonds. The van der Waals surface area contributed by atoms with Crippen molar-refractivity contribution >= 4 is 0 Å². The number of nitrogens with zero attached hydrogens (tertiary/aromatic N) is 2. The zero-order chi connectivity index (χ0) is 9.35. The first-order valence-electron chi connectivity index (χ1n) is 3.47. The second kappa shape index (κ2) is 2.82. The first kappa shape index (κ1) is 9.12. The summed E-state index contributed by atoms with van der Waals surface area (Å²) in [6, 6.07) is 1.26. The average molecular weight is 176 g/mol.